The average molecular weight is 321 g/mol. The number of hydrogen-bond donors (Lipinski definition) is 3. The number of carboxylic acid groups (broad SMARTS) is 1. The monoisotopic (exact) mass is 320 g/mol. The molecular weight excluding hydrogens is 276 g/mol. The molecule has 138 valence electrons. The number of carbonyl (C=O) groups is 1. The van der Waals surface area contributed by atoms with E-state index in [2.05, 4.69) is 30.7 Å². The Morgan fingerprint density at radius 1 is 1.23 bits per heavy atom. The highest BCUT2D eigenvalue weighted by Gasteiger charge is 2.12. The molecule has 1 heterocycles. The van der Waals surface area contributed by atoms with E-state index in [1.165, 1.54) is 51.7 Å². The van der Waals surface area contributed by atoms with Crippen LogP contribution in [0.25, 0.3) is 0 Å². The largest absolute Gasteiger partial charge is 0.483 e. The van der Waals surface area contributed by atoms with E-state index in [1.54, 1.807) is 0 Å². The van der Waals surface area contributed by atoms with Crippen molar-refractivity contribution in [2.24, 2.45) is 0 Å². The third kappa shape index (κ3) is 36.5. The van der Waals surface area contributed by atoms with Gasteiger partial charge in [-0.1, -0.05) is 48.5 Å². The molecule has 22 heavy (non-hydrogen) atoms. The van der Waals surface area contributed by atoms with Crippen LogP contribution in [0, 0.1) is 0 Å². The van der Waals surface area contributed by atoms with Crippen LogP contribution < -0.4 is 10.6 Å². The fourth-order valence-electron chi connectivity index (χ4n) is 1.71. The highest BCUT2D eigenvalue weighted by atomic mass is 16.3. The molecule has 0 aromatic rings. The summed E-state index contributed by atoms with van der Waals surface area (Å²) in [6.07, 6.45) is 6.69. The standard InChI is InChI=1S/C10H22N2.2C2H6.C2H4.CH2O2.CH4/c1-2-3-7-11-9-6-10-5-4-8-12-10;3*1-2;2-1-3;/h10-12H,2-9H2,1H3;2*1-2H3;1-2H2;1H,(H,2,3);1H4. The molecule has 1 aliphatic heterocycles. The Labute approximate surface area is 140 Å². The summed E-state index contributed by atoms with van der Waals surface area (Å²) in [5.74, 6) is 0. The van der Waals surface area contributed by atoms with Gasteiger partial charge in [-0.3, -0.25) is 4.79 Å². The Morgan fingerprint density at radius 3 is 2.09 bits per heavy atom. The van der Waals surface area contributed by atoms with Gasteiger partial charge >= 0.3 is 0 Å². The second kappa shape index (κ2) is 42.7. The maximum Gasteiger partial charge on any atom is 0.290 e. The fourth-order valence-corrected chi connectivity index (χ4v) is 1.71. The van der Waals surface area contributed by atoms with Gasteiger partial charge in [-0.25, -0.2) is 0 Å². The van der Waals surface area contributed by atoms with Gasteiger partial charge in [0.15, 0.2) is 0 Å². The van der Waals surface area contributed by atoms with Gasteiger partial charge in [-0.2, -0.15) is 0 Å². The number of unbranched alkanes of at least 4 members (excludes halogenated alkanes) is 1. The Kier molecular flexibility index (Phi) is 63.9. The molecule has 1 fully saturated rings. The van der Waals surface area contributed by atoms with Crippen molar-refractivity contribution < 1.29 is 9.90 Å². The molecule has 0 saturated carbocycles. The normalized spacial score (nSPS) is 14.0. The summed E-state index contributed by atoms with van der Waals surface area (Å²) in [7, 11) is 0. The number of hydrogen-bond acceptors (Lipinski definition) is 3. The first-order valence-electron chi connectivity index (χ1n) is 8.37. The highest BCUT2D eigenvalue weighted by Crippen LogP contribution is 2.07. The van der Waals surface area contributed by atoms with E-state index in [9.17, 15) is 0 Å². The van der Waals surface area contributed by atoms with Crippen molar-refractivity contribution >= 4 is 6.47 Å². The van der Waals surface area contributed by atoms with Crippen LogP contribution in [0.1, 0.15) is 74.1 Å². The Hall–Kier alpha value is -0.870. The summed E-state index contributed by atoms with van der Waals surface area (Å²) < 4.78 is 0. The minimum absolute atomic E-state index is 0. The summed E-state index contributed by atoms with van der Waals surface area (Å²) >= 11 is 0. The molecule has 1 aliphatic rings. The minimum atomic E-state index is -0.250. The van der Waals surface area contributed by atoms with Crippen LogP contribution in [0.2, 0.25) is 0 Å². The van der Waals surface area contributed by atoms with Crippen LogP contribution in [-0.2, 0) is 4.79 Å². The number of rotatable bonds is 6. The molecule has 0 aromatic carbocycles. The predicted molar refractivity (Wildman–Crippen MR) is 103 cm³/mol. The van der Waals surface area contributed by atoms with E-state index in [-0.39, 0.29) is 13.9 Å². The zero-order valence-electron chi connectivity index (χ0n) is 15.1. The van der Waals surface area contributed by atoms with Crippen LogP contribution >= 0.6 is 0 Å². The van der Waals surface area contributed by atoms with Gasteiger partial charge in [0.1, 0.15) is 0 Å². The van der Waals surface area contributed by atoms with Gasteiger partial charge in [-0.15, -0.1) is 13.2 Å². The van der Waals surface area contributed by atoms with Crippen LogP contribution in [-0.4, -0.2) is 37.3 Å². The Bertz CT molecular complexity index is 150. The molecule has 0 amide bonds. The van der Waals surface area contributed by atoms with Gasteiger partial charge in [0, 0.05) is 6.04 Å². The van der Waals surface area contributed by atoms with Crippen molar-refractivity contribution in [2.75, 3.05) is 19.6 Å². The second-order valence-electron chi connectivity index (χ2n) is 3.79. The van der Waals surface area contributed by atoms with Crippen molar-refractivity contribution in [3.63, 3.8) is 0 Å². The van der Waals surface area contributed by atoms with Crippen molar-refractivity contribution in [3.8, 4) is 0 Å². The fraction of sp³-hybridized carbons (Fsp3) is 0.833. The van der Waals surface area contributed by atoms with Gasteiger partial charge in [0.2, 0.25) is 0 Å². The summed E-state index contributed by atoms with van der Waals surface area (Å²) in [6.45, 7) is 19.6. The Morgan fingerprint density at radius 2 is 1.73 bits per heavy atom. The van der Waals surface area contributed by atoms with E-state index < -0.39 is 0 Å². The molecule has 0 bridgehead atoms. The maximum atomic E-state index is 8.36. The summed E-state index contributed by atoms with van der Waals surface area (Å²) in [4.78, 5) is 8.36. The first-order valence-corrected chi connectivity index (χ1v) is 8.37. The average Bonchev–Trinajstić information content (AvgIpc) is 3.07. The van der Waals surface area contributed by atoms with Gasteiger partial charge in [0.05, 0.1) is 0 Å². The molecule has 1 atom stereocenters. The molecule has 4 nitrogen and oxygen atoms in total. The van der Waals surface area contributed by atoms with E-state index in [1.807, 2.05) is 27.7 Å². The van der Waals surface area contributed by atoms with Gasteiger partial charge in [0.25, 0.3) is 6.47 Å². The molecule has 1 rings (SSSR count). The highest BCUT2D eigenvalue weighted by molar-refractivity contribution is 5.32. The van der Waals surface area contributed by atoms with Crippen LogP contribution in [0.5, 0.6) is 0 Å². The van der Waals surface area contributed by atoms with Crippen LogP contribution in [0.15, 0.2) is 13.2 Å². The second-order valence-corrected chi connectivity index (χ2v) is 3.79. The molecular formula is C18H44N2O2. The topological polar surface area (TPSA) is 61.4 Å². The minimum Gasteiger partial charge on any atom is -0.483 e. The third-order valence-electron chi connectivity index (χ3n) is 2.54. The summed E-state index contributed by atoms with van der Waals surface area (Å²) in [5, 5.41) is 13.9. The Balaban J connectivity index is -0.0000000825. The van der Waals surface area contributed by atoms with Crippen molar-refractivity contribution in [3.05, 3.63) is 13.2 Å². The lowest BCUT2D eigenvalue weighted by molar-refractivity contribution is -0.122. The van der Waals surface area contributed by atoms with Crippen LogP contribution in [0.3, 0.4) is 0 Å². The molecule has 0 aliphatic carbocycles. The lowest BCUT2D eigenvalue weighted by atomic mass is 10.1. The molecule has 4 heteroatoms. The third-order valence-corrected chi connectivity index (χ3v) is 2.54. The summed E-state index contributed by atoms with van der Waals surface area (Å²) in [5.41, 5.74) is 0. The zero-order chi connectivity index (χ0) is 17.4. The van der Waals surface area contributed by atoms with E-state index >= 15 is 0 Å². The predicted octanol–water partition coefficient (Wildman–Crippen LogP) is 4.71. The lowest BCUT2D eigenvalue weighted by Crippen LogP contribution is -2.27. The molecule has 0 aromatic heterocycles. The van der Waals surface area contributed by atoms with Crippen molar-refractivity contribution in [1.29, 1.82) is 0 Å². The first-order chi connectivity index (χ1) is 10.3. The first kappa shape index (κ1) is 32.9. The van der Waals surface area contributed by atoms with Crippen molar-refractivity contribution in [2.45, 2.75) is 80.2 Å². The van der Waals surface area contributed by atoms with E-state index in [0.717, 1.165) is 6.04 Å². The summed E-state index contributed by atoms with van der Waals surface area (Å²) in [6, 6.07) is 0.805. The maximum absolute atomic E-state index is 8.36. The van der Waals surface area contributed by atoms with E-state index in [4.69, 9.17) is 9.90 Å². The molecule has 0 spiro atoms. The number of nitrogens with one attached hydrogen (secondary N) is 2. The van der Waals surface area contributed by atoms with Crippen LogP contribution in [0.4, 0.5) is 0 Å². The van der Waals surface area contributed by atoms with Gasteiger partial charge < -0.3 is 15.7 Å². The molecule has 3 N–H and O–H groups in total. The lowest BCUT2D eigenvalue weighted by Gasteiger charge is -2.09. The molecule has 1 unspecified atom stereocenters. The molecule has 0 radical (unpaired) electrons. The SMILES string of the molecule is C.C=C.CC.CC.CCCCNCCC1CCCN1.O=CO. The smallest absolute Gasteiger partial charge is 0.290 e. The van der Waals surface area contributed by atoms with E-state index in [0.29, 0.717) is 0 Å². The van der Waals surface area contributed by atoms with Gasteiger partial charge in [-0.05, 0) is 45.3 Å². The quantitative estimate of drug-likeness (QED) is 0.377. The zero-order valence-corrected chi connectivity index (χ0v) is 15.1. The van der Waals surface area contributed by atoms with Crippen molar-refractivity contribution in [1.82, 2.24) is 10.6 Å². The molecule has 1 saturated heterocycles.